The Bertz CT molecular complexity index is 842. The summed E-state index contributed by atoms with van der Waals surface area (Å²) in [6.45, 7) is 0.613. The number of halogens is 2. The van der Waals surface area contributed by atoms with E-state index in [0.29, 0.717) is 21.6 Å². The average molecular weight is 336 g/mol. The molecule has 21 heavy (non-hydrogen) atoms. The number of nitrogens with zero attached hydrogens (tertiary/aromatic N) is 2. The van der Waals surface area contributed by atoms with Gasteiger partial charge in [-0.2, -0.15) is 0 Å². The Hall–Kier alpha value is -1.62. The van der Waals surface area contributed by atoms with E-state index in [-0.39, 0.29) is 0 Å². The van der Waals surface area contributed by atoms with Crippen LogP contribution >= 0.6 is 35.4 Å². The molecule has 0 bridgehead atoms. The van der Waals surface area contributed by atoms with Crippen LogP contribution in [0.15, 0.2) is 42.7 Å². The third-order valence-electron chi connectivity index (χ3n) is 3.29. The first-order chi connectivity index (χ1) is 10.1. The largest absolute Gasteiger partial charge is 0.389 e. The van der Waals surface area contributed by atoms with E-state index < -0.39 is 0 Å². The van der Waals surface area contributed by atoms with Gasteiger partial charge >= 0.3 is 0 Å². The SMILES string of the molecule is NC(=S)c1ccccc1Cn1cnc2cc(Cl)c(Cl)cc21. The lowest BCUT2D eigenvalue weighted by Crippen LogP contribution is -2.13. The van der Waals surface area contributed by atoms with Crippen molar-refractivity contribution in [3.8, 4) is 0 Å². The van der Waals surface area contributed by atoms with Crippen molar-refractivity contribution in [3.05, 3.63) is 63.9 Å². The molecule has 0 amide bonds. The van der Waals surface area contributed by atoms with Crippen LogP contribution in [0.1, 0.15) is 11.1 Å². The zero-order valence-corrected chi connectivity index (χ0v) is 13.2. The Balaban J connectivity index is 2.07. The van der Waals surface area contributed by atoms with Crippen molar-refractivity contribution in [1.82, 2.24) is 9.55 Å². The molecule has 0 aliphatic rings. The van der Waals surface area contributed by atoms with Crippen molar-refractivity contribution in [2.75, 3.05) is 0 Å². The number of imidazole rings is 1. The third-order valence-corrected chi connectivity index (χ3v) is 4.23. The first-order valence-electron chi connectivity index (χ1n) is 6.24. The van der Waals surface area contributed by atoms with E-state index in [1.807, 2.05) is 34.9 Å². The fourth-order valence-electron chi connectivity index (χ4n) is 2.26. The Morgan fingerprint density at radius 2 is 1.90 bits per heavy atom. The molecule has 0 atom stereocenters. The summed E-state index contributed by atoms with van der Waals surface area (Å²) in [5.74, 6) is 0. The van der Waals surface area contributed by atoms with Crippen LogP contribution in [-0.2, 0) is 6.54 Å². The molecule has 1 aromatic heterocycles. The van der Waals surface area contributed by atoms with Gasteiger partial charge in [0.15, 0.2) is 0 Å². The predicted octanol–water partition coefficient (Wildman–Crippen LogP) is 4.03. The highest BCUT2D eigenvalue weighted by atomic mass is 35.5. The molecule has 6 heteroatoms. The number of hydrogen-bond acceptors (Lipinski definition) is 2. The van der Waals surface area contributed by atoms with Crippen molar-refractivity contribution in [3.63, 3.8) is 0 Å². The van der Waals surface area contributed by atoms with Crippen molar-refractivity contribution in [2.24, 2.45) is 5.73 Å². The molecule has 2 N–H and O–H groups in total. The lowest BCUT2D eigenvalue weighted by atomic mass is 10.1. The number of fused-ring (bicyclic) bond motifs is 1. The Kier molecular flexibility index (Phi) is 3.85. The molecule has 0 radical (unpaired) electrons. The number of aromatic nitrogens is 2. The zero-order chi connectivity index (χ0) is 15.0. The summed E-state index contributed by atoms with van der Waals surface area (Å²) < 4.78 is 1.99. The number of nitrogens with two attached hydrogens (primary N) is 1. The minimum Gasteiger partial charge on any atom is -0.389 e. The second-order valence-corrected chi connectivity index (χ2v) is 5.90. The van der Waals surface area contributed by atoms with Crippen LogP contribution in [0.4, 0.5) is 0 Å². The highest BCUT2D eigenvalue weighted by Crippen LogP contribution is 2.27. The first kappa shape index (κ1) is 14.3. The molecule has 3 aromatic rings. The predicted molar refractivity (Wildman–Crippen MR) is 91.2 cm³/mol. The summed E-state index contributed by atoms with van der Waals surface area (Å²) in [5, 5.41) is 1.01. The summed E-state index contributed by atoms with van der Waals surface area (Å²) >= 11 is 17.2. The minimum atomic E-state index is 0.385. The topological polar surface area (TPSA) is 43.8 Å². The van der Waals surface area contributed by atoms with E-state index in [0.717, 1.165) is 22.2 Å². The molecule has 0 saturated heterocycles. The van der Waals surface area contributed by atoms with E-state index in [2.05, 4.69) is 4.98 Å². The second kappa shape index (κ2) is 5.64. The lowest BCUT2D eigenvalue weighted by molar-refractivity contribution is 0.823. The van der Waals surface area contributed by atoms with E-state index in [1.165, 1.54) is 0 Å². The Labute approximate surface area is 137 Å². The van der Waals surface area contributed by atoms with Crippen molar-refractivity contribution in [1.29, 1.82) is 0 Å². The summed E-state index contributed by atoms with van der Waals surface area (Å²) in [5.41, 5.74) is 9.40. The van der Waals surface area contributed by atoms with Gasteiger partial charge in [-0.25, -0.2) is 4.98 Å². The number of thiocarbonyl (C=S) groups is 1. The average Bonchev–Trinajstić information content (AvgIpc) is 2.82. The highest BCUT2D eigenvalue weighted by Gasteiger charge is 2.10. The monoisotopic (exact) mass is 335 g/mol. The van der Waals surface area contributed by atoms with Crippen LogP contribution in [0, 0.1) is 0 Å². The fourth-order valence-corrected chi connectivity index (χ4v) is 2.78. The Morgan fingerprint density at radius 3 is 2.67 bits per heavy atom. The fraction of sp³-hybridized carbons (Fsp3) is 0.0667. The van der Waals surface area contributed by atoms with Gasteiger partial charge in [0.2, 0.25) is 0 Å². The van der Waals surface area contributed by atoms with Gasteiger partial charge in [0.1, 0.15) is 4.99 Å². The maximum Gasteiger partial charge on any atom is 0.104 e. The maximum atomic E-state index is 6.09. The molecule has 1 heterocycles. The van der Waals surface area contributed by atoms with Crippen LogP contribution in [0.25, 0.3) is 11.0 Å². The number of hydrogen-bond donors (Lipinski definition) is 1. The van der Waals surface area contributed by atoms with Crippen LogP contribution < -0.4 is 5.73 Å². The molecule has 0 fully saturated rings. The molecule has 0 spiro atoms. The highest BCUT2D eigenvalue weighted by molar-refractivity contribution is 7.80. The Morgan fingerprint density at radius 1 is 1.19 bits per heavy atom. The van der Waals surface area contributed by atoms with Crippen LogP contribution in [0.5, 0.6) is 0 Å². The molecule has 0 saturated carbocycles. The molecule has 2 aromatic carbocycles. The van der Waals surface area contributed by atoms with Gasteiger partial charge in [-0.1, -0.05) is 59.7 Å². The summed E-state index contributed by atoms with van der Waals surface area (Å²) in [4.78, 5) is 4.73. The number of rotatable bonds is 3. The van der Waals surface area contributed by atoms with Gasteiger partial charge in [0.05, 0.1) is 27.4 Å². The zero-order valence-electron chi connectivity index (χ0n) is 10.9. The summed E-state index contributed by atoms with van der Waals surface area (Å²) in [6, 6.07) is 11.4. The molecular formula is C15H11Cl2N3S. The first-order valence-corrected chi connectivity index (χ1v) is 7.40. The molecule has 3 rings (SSSR count). The molecule has 0 aliphatic heterocycles. The normalized spacial score (nSPS) is 11.0. The van der Waals surface area contributed by atoms with Gasteiger partial charge < -0.3 is 10.3 Å². The second-order valence-electron chi connectivity index (χ2n) is 4.65. The lowest BCUT2D eigenvalue weighted by Gasteiger charge is -2.10. The molecule has 0 unspecified atom stereocenters. The quantitative estimate of drug-likeness (QED) is 0.735. The van der Waals surface area contributed by atoms with Gasteiger partial charge in [0, 0.05) is 12.1 Å². The van der Waals surface area contributed by atoms with Crippen LogP contribution in [-0.4, -0.2) is 14.5 Å². The maximum absolute atomic E-state index is 6.09. The molecular weight excluding hydrogens is 325 g/mol. The van der Waals surface area contributed by atoms with Gasteiger partial charge in [-0.15, -0.1) is 0 Å². The van der Waals surface area contributed by atoms with Gasteiger partial charge in [-0.3, -0.25) is 0 Å². The van der Waals surface area contributed by atoms with E-state index in [1.54, 1.807) is 12.4 Å². The van der Waals surface area contributed by atoms with E-state index >= 15 is 0 Å². The summed E-state index contributed by atoms with van der Waals surface area (Å²) in [7, 11) is 0. The molecule has 3 nitrogen and oxygen atoms in total. The molecule has 0 aliphatic carbocycles. The van der Waals surface area contributed by atoms with E-state index in [9.17, 15) is 0 Å². The van der Waals surface area contributed by atoms with Crippen molar-refractivity contribution >= 4 is 51.4 Å². The van der Waals surface area contributed by atoms with Gasteiger partial charge in [0.25, 0.3) is 0 Å². The molecule has 106 valence electrons. The minimum absolute atomic E-state index is 0.385. The van der Waals surface area contributed by atoms with Crippen molar-refractivity contribution in [2.45, 2.75) is 6.54 Å². The van der Waals surface area contributed by atoms with Crippen LogP contribution in [0.2, 0.25) is 10.0 Å². The smallest absolute Gasteiger partial charge is 0.104 e. The third kappa shape index (κ3) is 2.75. The standard InChI is InChI=1S/C15H11Cl2N3S/c16-11-5-13-14(6-12(11)17)20(8-19-13)7-9-3-1-2-4-10(9)15(18)21/h1-6,8H,7H2,(H2,18,21). The van der Waals surface area contributed by atoms with E-state index in [4.69, 9.17) is 41.2 Å². The number of benzene rings is 2. The van der Waals surface area contributed by atoms with Crippen molar-refractivity contribution < 1.29 is 0 Å². The van der Waals surface area contributed by atoms with Gasteiger partial charge in [-0.05, 0) is 17.7 Å². The van der Waals surface area contributed by atoms with Crippen LogP contribution in [0.3, 0.4) is 0 Å². The summed E-state index contributed by atoms with van der Waals surface area (Å²) in [6.07, 6.45) is 1.76.